The van der Waals surface area contributed by atoms with E-state index in [-0.39, 0.29) is 55.5 Å². The van der Waals surface area contributed by atoms with Crippen LogP contribution >= 0.6 is 34.8 Å². The number of nitrogens with one attached hydrogen (secondary N) is 3. The van der Waals surface area contributed by atoms with Gasteiger partial charge in [0.2, 0.25) is 0 Å². The maximum absolute atomic E-state index is 15.1. The Bertz CT molecular complexity index is 1270. The fourth-order valence-electron chi connectivity index (χ4n) is 2.86. The molecule has 0 unspecified atom stereocenters. The molecular formula is C22H16Cl3FN4O3. The highest BCUT2D eigenvalue weighted by Crippen LogP contribution is 2.35. The second-order valence-corrected chi connectivity index (χ2v) is 7.89. The van der Waals surface area contributed by atoms with Gasteiger partial charge in [-0.05, 0) is 31.2 Å². The van der Waals surface area contributed by atoms with Crippen LogP contribution in [0.15, 0.2) is 36.5 Å². The van der Waals surface area contributed by atoms with E-state index in [1.807, 2.05) is 6.07 Å². The van der Waals surface area contributed by atoms with E-state index in [2.05, 4.69) is 15.6 Å². The largest absolute Gasteiger partial charge is 0.453 e. The zero-order chi connectivity index (χ0) is 24.1. The van der Waals surface area contributed by atoms with Gasteiger partial charge >= 0.3 is 0 Å². The molecular weight excluding hydrogens is 494 g/mol. The van der Waals surface area contributed by atoms with E-state index < -0.39 is 17.6 Å². The number of hydrogen-bond acceptors (Lipinski definition) is 4. The number of rotatable bonds is 7. The monoisotopic (exact) mass is 508 g/mol. The first-order chi connectivity index (χ1) is 15.7. The third-order valence-corrected chi connectivity index (χ3v) is 5.32. The van der Waals surface area contributed by atoms with Gasteiger partial charge in [-0.3, -0.25) is 9.59 Å². The van der Waals surface area contributed by atoms with Crippen molar-refractivity contribution in [1.29, 1.82) is 5.26 Å². The summed E-state index contributed by atoms with van der Waals surface area (Å²) in [5.74, 6) is -2.03. The normalized spacial score (nSPS) is 10.4. The average molecular weight is 510 g/mol. The number of carbonyl (C=O) groups is 2. The summed E-state index contributed by atoms with van der Waals surface area (Å²) in [4.78, 5) is 27.1. The highest BCUT2D eigenvalue weighted by atomic mass is 35.5. The molecule has 2 amide bonds. The van der Waals surface area contributed by atoms with Crippen LogP contribution in [0.3, 0.4) is 0 Å². The number of benzene rings is 2. The van der Waals surface area contributed by atoms with Gasteiger partial charge in [-0.2, -0.15) is 5.26 Å². The lowest BCUT2D eigenvalue weighted by Crippen LogP contribution is -2.25. The van der Waals surface area contributed by atoms with Crippen molar-refractivity contribution in [3.8, 4) is 17.6 Å². The Kier molecular flexibility index (Phi) is 7.82. The number of aromatic nitrogens is 1. The Hall–Kier alpha value is -3.25. The summed E-state index contributed by atoms with van der Waals surface area (Å²) >= 11 is 18.2. The fraction of sp³-hybridized carbons (Fsp3) is 0.136. The molecule has 0 radical (unpaired) electrons. The molecule has 11 heteroatoms. The van der Waals surface area contributed by atoms with Gasteiger partial charge in [-0.1, -0.05) is 40.9 Å². The van der Waals surface area contributed by atoms with Gasteiger partial charge in [0.25, 0.3) is 11.8 Å². The van der Waals surface area contributed by atoms with Crippen molar-refractivity contribution >= 4 is 46.6 Å². The molecule has 2 aromatic carbocycles. The highest BCUT2D eigenvalue weighted by Gasteiger charge is 2.21. The summed E-state index contributed by atoms with van der Waals surface area (Å²) < 4.78 is 20.6. The van der Waals surface area contributed by atoms with Crippen molar-refractivity contribution in [2.75, 3.05) is 6.54 Å². The molecule has 0 spiro atoms. The minimum absolute atomic E-state index is 0.0138. The number of ether oxygens (including phenoxy) is 1. The van der Waals surface area contributed by atoms with Crippen LogP contribution in [0, 0.1) is 17.1 Å². The number of amides is 2. The maximum atomic E-state index is 15.1. The minimum atomic E-state index is -0.804. The molecule has 1 aromatic heterocycles. The standard InChI is InChI=1S/C22H16Cl3FN4O3/c1-2-28-21(31)15-10-29-19(17(15)25)22(32)30-9-12-3-4-16(24)20(18(12)26)33-14-6-11(8-27)5-13(23)7-14/h3-7,10,29H,2,9H2,1H3,(H,28,31)(H,30,32). The smallest absolute Gasteiger partial charge is 0.269 e. The molecule has 3 N–H and O–H groups in total. The van der Waals surface area contributed by atoms with Crippen LogP contribution < -0.4 is 15.4 Å². The van der Waals surface area contributed by atoms with Crippen LogP contribution in [0.25, 0.3) is 0 Å². The number of halogens is 4. The predicted octanol–water partition coefficient (Wildman–Crippen LogP) is 5.46. The molecule has 0 fully saturated rings. The summed E-state index contributed by atoms with van der Waals surface area (Å²) in [5.41, 5.74) is 0.395. The Morgan fingerprint density at radius 3 is 2.61 bits per heavy atom. The third-order valence-electron chi connectivity index (χ3n) is 4.41. The van der Waals surface area contributed by atoms with Crippen LogP contribution in [0.1, 0.15) is 38.9 Å². The summed E-state index contributed by atoms with van der Waals surface area (Å²) in [5, 5.41) is 14.3. The van der Waals surface area contributed by atoms with E-state index in [0.29, 0.717) is 6.54 Å². The van der Waals surface area contributed by atoms with Gasteiger partial charge in [-0.25, -0.2) is 4.39 Å². The number of aromatic amines is 1. The second kappa shape index (κ2) is 10.6. The van der Waals surface area contributed by atoms with Crippen LogP contribution in [0.2, 0.25) is 15.1 Å². The summed E-state index contributed by atoms with van der Waals surface area (Å²) in [6, 6.07) is 8.95. The van der Waals surface area contributed by atoms with E-state index in [1.54, 1.807) is 6.92 Å². The maximum Gasteiger partial charge on any atom is 0.269 e. The molecule has 170 valence electrons. The van der Waals surface area contributed by atoms with Gasteiger partial charge in [-0.15, -0.1) is 0 Å². The number of hydrogen-bond donors (Lipinski definition) is 3. The first-order valence-electron chi connectivity index (χ1n) is 9.53. The lowest BCUT2D eigenvalue weighted by Gasteiger charge is -2.13. The molecule has 3 aromatic rings. The number of H-pyrrole nitrogens is 1. The minimum Gasteiger partial charge on any atom is -0.453 e. The summed E-state index contributed by atoms with van der Waals surface area (Å²) in [7, 11) is 0. The molecule has 7 nitrogen and oxygen atoms in total. The van der Waals surface area contributed by atoms with E-state index in [9.17, 15) is 9.59 Å². The predicted molar refractivity (Wildman–Crippen MR) is 123 cm³/mol. The molecule has 3 rings (SSSR count). The molecule has 0 saturated carbocycles. The van der Waals surface area contributed by atoms with Gasteiger partial charge in [0, 0.05) is 29.9 Å². The summed E-state index contributed by atoms with van der Waals surface area (Å²) in [6.45, 7) is 1.93. The molecule has 0 aliphatic rings. The van der Waals surface area contributed by atoms with Crippen molar-refractivity contribution in [3.63, 3.8) is 0 Å². The number of carbonyl (C=O) groups excluding carboxylic acids is 2. The molecule has 33 heavy (non-hydrogen) atoms. The average Bonchev–Trinajstić information content (AvgIpc) is 3.17. The second-order valence-electron chi connectivity index (χ2n) is 6.67. The van der Waals surface area contributed by atoms with Crippen molar-refractivity contribution in [2.24, 2.45) is 0 Å². The van der Waals surface area contributed by atoms with Crippen LogP contribution in [0.5, 0.6) is 11.5 Å². The molecule has 0 aliphatic heterocycles. The van der Waals surface area contributed by atoms with Crippen molar-refractivity contribution in [1.82, 2.24) is 15.6 Å². The van der Waals surface area contributed by atoms with E-state index in [1.165, 1.54) is 36.5 Å². The van der Waals surface area contributed by atoms with Crippen LogP contribution in [0.4, 0.5) is 4.39 Å². The molecule has 0 saturated heterocycles. The molecule has 0 bridgehead atoms. The SMILES string of the molecule is CCNC(=O)c1c[nH]c(C(=O)NCc2ccc(Cl)c(Oc3cc(Cl)cc(C#N)c3)c2F)c1Cl. The number of nitrogens with zero attached hydrogens (tertiary/aromatic N) is 1. The summed E-state index contributed by atoms with van der Waals surface area (Å²) in [6.07, 6.45) is 1.32. The van der Waals surface area contributed by atoms with Crippen molar-refractivity contribution in [2.45, 2.75) is 13.5 Å². The topological polar surface area (TPSA) is 107 Å². The van der Waals surface area contributed by atoms with Crippen molar-refractivity contribution in [3.05, 3.63) is 79.8 Å². The van der Waals surface area contributed by atoms with Gasteiger partial charge in [0.15, 0.2) is 11.6 Å². The lowest BCUT2D eigenvalue weighted by atomic mass is 10.2. The first-order valence-corrected chi connectivity index (χ1v) is 10.7. The van der Waals surface area contributed by atoms with Gasteiger partial charge in [0.05, 0.1) is 27.2 Å². The van der Waals surface area contributed by atoms with E-state index >= 15 is 4.39 Å². The zero-order valence-corrected chi connectivity index (χ0v) is 19.3. The third kappa shape index (κ3) is 5.57. The van der Waals surface area contributed by atoms with E-state index in [0.717, 1.165) is 0 Å². The Morgan fingerprint density at radius 1 is 1.15 bits per heavy atom. The quantitative estimate of drug-likeness (QED) is 0.393. The Morgan fingerprint density at radius 2 is 1.91 bits per heavy atom. The van der Waals surface area contributed by atoms with E-state index in [4.69, 9.17) is 44.8 Å². The lowest BCUT2D eigenvalue weighted by molar-refractivity contribution is 0.0945. The first kappa shape index (κ1) is 24.4. The van der Waals surface area contributed by atoms with Crippen molar-refractivity contribution < 1.29 is 18.7 Å². The van der Waals surface area contributed by atoms with Gasteiger partial charge in [0.1, 0.15) is 11.4 Å². The van der Waals surface area contributed by atoms with Crippen LogP contribution in [-0.2, 0) is 6.54 Å². The zero-order valence-electron chi connectivity index (χ0n) is 17.1. The Balaban J connectivity index is 1.78. The Labute approximate surface area is 203 Å². The molecule has 0 atom stereocenters. The fourth-order valence-corrected chi connectivity index (χ4v) is 3.55. The number of nitriles is 1. The highest BCUT2D eigenvalue weighted by molar-refractivity contribution is 6.36. The van der Waals surface area contributed by atoms with Gasteiger partial charge < -0.3 is 20.4 Å². The molecule has 0 aliphatic carbocycles. The van der Waals surface area contributed by atoms with Crippen LogP contribution in [-0.4, -0.2) is 23.3 Å². The molecule has 1 heterocycles.